The van der Waals surface area contributed by atoms with Gasteiger partial charge in [0, 0.05) is 30.9 Å². The van der Waals surface area contributed by atoms with Gasteiger partial charge in [-0.15, -0.1) is 0 Å². The van der Waals surface area contributed by atoms with E-state index in [1.807, 2.05) is 6.07 Å². The summed E-state index contributed by atoms with van der Waals surface area (Å²) in [5, 5.41) is 16.3. The number of amides is 1. The largest absolute Gasteiger partial charge is 0.493 e. The second-order valence-corrected chi connectivity index (χ2v) is 5.02. The van der Waals surface area contributed by atoms with E-state index >= 15 is 0 Å². The Hall–Kier alpha value is -3.29. The minimum Gasteiger partial charge on any atom is -0.493 e. The molecule has 2 rings (SSSR count). The van der Waals surface area contributed by atoms with Crippen molar-refractivity contribution in [2.45, 2.75) is 0 Å². The number of nitrogens with zero attached hydrogens (tertiary/aromatic N) is 1. The molecule has 8 heteroatoms. The maximum absolute atomic E-state index is 11.8. The van der Waals surface area contributed by atoms with Gasteiger partial charge in [0.2, 0.25) is 0 Å². The Morgan fingerprint density at radius 1 is 1.08 bits per heavy atom. The van der Waals surface area contributed by atoms with Crippen molar-refractivity contribution in [2.75, 3.05) is 32.1 Å². The van der Waals surface area contributed by atoms with E-state index in [1.54, 1.807) is 30.3 Å². The van der Waals surface area contributed by atoms with Crippen LogP contribution in [-0.4, -0.2) is 37.6 Å². The van der Waals surface area contributed by atoms with E-state index in [0.29, 0.717) is 24.6 Å². The number of hydrogen-bond acceptors (Lipinski definition) is 6. The van der Waals surface area contributed by atoms with Crippen molar-refractivity contribution in [3.8, 4) is 11.5 Å². The van der Waals surface area contributed by atoms with Gasteiger partial charge in [-0.2, -0.15) is 0 Å². The lowest BCUT2D eigenvalue weighted by molar-refractivity contribution is -0.384. The van der Waals surface area contributed by atoms with E-state index in [2.05, 4.69) is 10.6 Å². The Morgan fingerprint density at radius 3 is 2.40 bits per heavy atom. The zero-order chi connectivity index (χ0) is 18.1. The van der Waals surface area contributed by atoms with Crippen molar-refractivity contribution in [3.63, 3.8) is 0 Å². The fourth-order valence-corrected chi connectivity index (χ4v) is 2.04. The molecule has 0 aliphatic carbocycles. The molecule has 0 saturated carbocycles. The quantitative estimate of drug-likeness (QED) is 0.410. The summed E-state index contributed by atoms with van der Waals surface area (Å²) >= 11 is 0. The Kier molecular flexibility index (Phi) is 6.58. The van der Waals surface area contributed by atoms with Crippen LogP contribution in [0, 0.1) is 10.1 Å². The number of carbonyl (C=O) groups excluding carboxylic acids is 1. The summed E-state index contributed by atoms with van der Waals surface area (Å²) in [6.45, 7) is 0.765. The first-order valence-electron chi connectivity index (χ1n) is 7.61. The highest BCUT2D eigenvalue weighted by molar-refractivity contribution is 5.77. The normalized spacial score (nSPS) is 9.96. The van der Waals surface area contributed by atoms with Gasteiger partial charge in [-0.1, -0.05) is 12.1 Å². The van der Waals surface area contributed by atoms with Crippen LogP contribution in [0.2, 0.25) is 0 Å². The molecule has 0 unspecified atom stereocenters. The van der Waals surface area contributed by atoms with Crippen molar-refractivity contribution in [3.05, 3.63) is 58.6 Å². The highest BCUT2D eigenvalue weighted by atomic mass is 16.6. The number of rotatable bonds is 9. The number of non-ortho nitro benzene ring substituents is 1. The third-order valence-electron chi connectivity index (χ3n) is 3.28. The van der Waals surface area contributed by atoms with Crippen LogP contribution in [-0.2, 0) is 4.79 Å². The zero-order valence-corrected chi connectivity index (χ0v) is 13.7. The third kappa shape index (κ3) is 5.69. The van der Waals surface area contributed by atoms with Crippen molar-refractivity contribution in [1.82, 2.24) is 5.32 Å². The third-order valence-corrected chi connectivity index (χ3v) is 3.28. The number of hydrogen-bond donors (Lipinski definition) is 2. The maximum atomic E-state index is 11.8. The topological polar surface area (TPSA) is 103 Å². The first-order valence-corrected chi connectivity index (χ1v) is 7.61. The monoisotopic (exact) mass is 345 g/mol. The molecule has 0 radical (unpaired) electrons. The van der Waals surface area contributed by atoms with Gasteiger partial charge < -0.3 is 20.1 Å². The molecule has 0 aliphatic rings. The molecule has 0 atom stereocenters. The lowest BCUT2D eigenvalue weighted by atomic mass is 10.3. The predicted octanol–water partition coefficient (Wildman–Crippen LogP) is 2.21. The number of nitrogens with one attached hydrogen (secondary N) is 2. The molecule has 0 saturated heterocycles. The van der Waals surface area contributed by atoms with Crippen molar-refractivity contribution in [1.29, 1.82) is 0 Å². The number of para-hydroxylation sites is 2. The van der Waals surface area contributed by atoms with E-state index in [4.69, 9.17) is 9.47 Å². The number of carbonyl (C=O) groups is 1. The summed E-state index contributed by atoms with van der Waals surface area (Å²) in [4.78, 5) is 21.9. The van der Waals surface area contributed by atoms with E-state index in [0.717, 1.165) is 5.69 Å². The van der Waals surface area contributed by atoms with Crippen molar-refractivity contribution < 1.29 is 19.2 Å². The maximum Gasteiger partial charge on any atom is 0.269 e. The summed E-state index contributed by atoms with van der Waals surface area (Å²) in [7, 11) is 1.53. The highest BCUT2D eigenvalue weighted by Crippen LogP contribution is 2.25. The molecule has 0 spiro atoms. The highest BCUT2D eigenvalue weighted by Gasteiger charge is 2.07. The molecule has 0 aromatic heterocycles. The molecule has 0 heterocycles. The molecule has 2 N–H and O–H groups in total. The standard InChI is InChI=1S/C17H19N3O5/c1-24-15-4-2-3-5-16(15)25-12-17(21)19-11-10-18-13-6-8-14(9-7-13)20(22)23/h2-9,18H,10-12H2,1H3,(H,19,21). The van der Waals surface area contributed by atoms with Crippen molar-refractivity contribution in [2.24, 2.45) is 0 Å². The lowest BCUT2D eigenvalue weighted by Gasteiger charge is -2.11. The minimum atomic E-state index is -0.453. The number of anilines is 1. The van der Waals surface area contributed by atoms with Crippen LogP contribution < -0.4 is 20.1 Å². The van der Waals surface area contributed by atoms with Crippen LogP contribution in [0.1, 0.15) is 0 Å². The predicted molar refractivity (Wildman–Crippen MR) is 93.1 cm³/mol. The average molecular weight is 345 g/mol. The number of benzene rings is 2. The first-order chi connectivity index (χ1) is 12.1. The average Bonchev–Trinajstić information content (AvgIpc) is 2.64. The van der Waals surface area contributed by atoms with Gasteiger partial charge >= 0.3 is 0 Å². The van der Waals surface area contributed by atoms with Crippen LogP contribution >= 0.6 is 0 Å². The fraction of sp³-hybridized carbons (Fsp3) is 0.235. The van der Waals surface area contributed by atoms with Gasteiger partial charge in [0.1, 0.15) is 0 Å². The SMILES string of the molecule is COc1ccccc1OCC(=O)NCCNc1ccc([N+](=O)[O-])cc1. The van der Waals surface area contributed by atoms with E-state index in [-0.39, 0.29) is 18.2 Å². The molecule has 2 aromatic rings. The summed E-state index contributed by atoms with van der Waals surface area (Å²) in [6, 6.07) is 13.2. The number of nitro groups is 1. The van der Waals surface area contributed by atoms with Gasteiger partial charge in [0.25, 0.3) is 11.6 Å². The van der Waals surface area contributed by atoms with Gasteiger partial charge in [-0.3, -0.25) is 14.9 Å². The molecular weight excluding hydrogens is 326 g/mol. The summed E-state index contributed by atoms with van der Waals surface area (Å²) in [5.74, 6) is 0.815. The number of ether oxygens (including phenoxy) is 2. The molecule has 0 bridgehead atoms. The first kappa shape index (κ1) is 18.1. The molecule has 8 nitrogen and oxygen atoms in total. The fourth-order valence-electron chi connectivity index (χ4n) is 2.04. The summed E-state index contributed by atoms with van der Waals surface area (Å²) in [6.07, 6.45) is 0. The van der Waals surface area contributed by atoms with Crippen LogP contribution in [0.15, 0.2) is 48.5 Å². The lowest BCUT2D eigenvalue weighted by Crippen LogP contribution is -2.32. The minimum absolute atomic E-state index is 0.0346. The zero-order valence-electron chi connectivity index (χ0n) is 13.7. The second-order valence-electron chi connectivity index (χ2n) is 5.02. The van der Waals surface area contributed by atoms with Crippen LogP contribution in [0.4, 0.5) is 11.4 Å². The second kappa shape index (κ2) is 9.11. The number of nitro benzene ring substituents is 1. The summed E-state index contributed by atoms with van der Waals surface area (Å²) < 4.78 is 10.6. The molecule has 132 valence electrons. The van der Waals surface area contributed by atoms with Gasteiger partial charge in [-0.05, 0) is 24.3 Å². The number of methoxy groups -OCH3 is 1. The van der Waals surface area contributed by atoms with Gasteiger partial charge in [0.05, 0.1) is 12.0 Å². The Balaban J connectivity index is 1.67. The Bertz CT molecular complexity index is 718. The van der Waals surface area contributed by atoms with Gasteiger partial charge in [-0.25, -0.2) is 0 Å². The summed E-state index contributed by atoms with van der Waals surface area (Å²) in [5.41, 5.74) is 0.775. The van der Waals surface area contributed by atoms with E-state index in [1.165, 1.54) is 19.2 Å². The Morgan fingerprint density at radius 2 is 1.76 bits per heavy atom. The molecular formula is C17H19N3O5. The molecule has 1 amide bonds. The molecule has 0 aliphatic heterocycles. The molecule has 25 heavy (non-hydrogen) atoms. The Labute approximate surface area is 144 Å². The smallest absolute Gasteiger partial charge is 0.269 e. The van der Waals surface area contributed by atoms with Gasteiger partial charge in [0.15, 0.2) is 18.1 Å². The van der Waals surface area contributed by atoms with Crippen LogP contribution in [0.5, 0.6) is 11.5 Å². The van der Waals surface area contributed by atoms with E-state index in [9.17, 15) is 14.9 Å². The van der Waals surface area contributed by atoms with E-state index < -0.39 is 4.92 Å². The van der Waals surface area contributed by atoms with Crippen LogP contribution in [0.3, 0.4) is 0 Å². The van der Waals surface area contributed by atoms with Crippen LogP contribution in [0.25, 0.3) is 0 Å². The molecule has 0 fully saturated rings. The molecule has 2 aromatic carbocycles. The van der Waals surface area contributed by atoms with Crippen molar-refractivity contribution >= 4 is 17.3 Å².